The van der Waals surface area contributed by atoms with Crippen molar-refractivity contribution >= 4 is 29.4 Å². The molecule has 0 aromatic carbocycles. The maximum Gasteiger partial charge on any atom is 0.249 e. The number of piperazine rings is 1. The quantitative estimate of drug-likeness (QED) is 0.356. The largest absolute Gasteiger partial charge is 0.341 e. The van der Waals surface area contributed by atoms with Crippen LogP contribution in [0.25, 0.3) is 5.82 Å². The van der Waals surface area contributed by atoms with Crippen molar-refractivity contribution in [2.24, 2.45) is 0 Å². The molecule has 6 rings (SSSR count). The number of aryl methyl sites for hydroxylation is 2. The highest BCUT2D eigenvalue weighted by Gasteiger charge is 2.53. The monoisotopic (exact) mass is 573 g/mol. The Bertz CT molecular complexity index is 1620. The minimum Gasteiger partial charge on any atom is -0.341 e. The highest BCUT2D eigenvalue weighted by Crippen LogP contribution is 2.37. The molecule has 2 aliphatic heterocycles. The highest BCUT2D eigenvalue weighted by atomic mass is 19.1. The minimum absolute atomic E-state index is 0.0171. The molecule has 2 saturated heterocycles. The maximum absolute atomic E-state index is 14.1. The number of amides is 2. The second-order valence-electron chi connectivity index (χ2n) is 10.9. The fourth-order valence-corrected chi connectivity index (χ4v) is 5.67. The first-order valence-electron chi connectivity index (χ1n) is 13.8. The van der Waals surface area contributed by atoms with Crippen molar-refractivity contribution in [3.63, 3.8) is 0 Å². The number of hydrogen-bond acceptors (Lipinski definition) is 9. The fraction of sp³-hybridized carbons (Fsp3) is 0.393. The van der Waals surface area contributed by atoms with E-state index < -0.39 is 11.4 Å². The Kier molecular flexibility index (Phi) is 6.83. The van der Waals surface area contributed by atoms with E-state index in [2.05, 4.69) is 30.6 Å². The van der Waals surface area contributed by atoms with Gasteiger partial charge in [-0.15, -0.1) is 0 Å². The van der Waals surface area contributed by atoms with Gasteiger partial charge in [-0.3, -0.25) is 14.7 Å². The smallest absolute Gasteiger partial charge is 0.249 e. The van der Waals surface area contributed by atoms with E-state index in [-0.39, 0.29) is 24.4 Å². The number of likely N-dealkylation sites (N-methyl/N-ethyl adjacent to an activating group) is 1. The van der Waals surface area contributed by atoms with Gasteiger partial charge in [0.15, 0.2) is 17.5 Å². The molecular formula is C28H32FN11O2. The van der Waals surface area contributed by atoms with Crippen LogP contribution in [0.2, 0.25) is 0 Å². The minimum atomic E-state index is -0.961. The second-order valence-corrected chi connectivity index (χ2v) is 10.9. The summed E-state index contributed by atoms with van der Waals surface area (Å²) in [7, 11) is 1.72. The molecule has 42 heavy (non-hydrogen) atoms. The number of halogens is 1. The summed E-state index contributed by atoms with van der Waals surface area (Å²) in [6.45, 7) is 6.71. The van der Waals surface area contributed by atoms with Gasteiger partial charge < -0.3 is 20.0 Å². The zero-order valence-corrected chi connectivity index (χ0v) is 23.9. The Morgan fingerprint density at radius 2 is 1.86 bits per heavy atom. The van der Waals surface area contributed by atoms with Crippen molar-refractivity contribution in [2.45, 2.75) is 45.2 Å². The van der Waals surface area contributed by atoms with Crippen molar-refractivity contribution in [3.8, 4) is 5.82 Å². The normalized spacial score (nSPS) is 17.7. The van der Waals surface area contributed by atoms with Crippen LogP contribution in [0.1, 0.15) is 42.8 Å². The molecule has 4 aromatic rings. The van der Waals surface area contributed by atoms with Crippen molar-refractivity contribution in [1.82, 2.24) is 44.7 Å². The van der Waals surface area contributed by atoms with Crippen molar-refractivity contribution in [1.29, 1.82) is 0 Å². The van der Waals surface area contributed by atoms with Gasteiger partial charge in [0.2, 0.25) is 17.8 Å². The molecule has 2 amide bonds. The molecule has 2 N–H and O–H groups in total. The Balaban J connectivity index is 1.18. The summed E-state index contributed by atoms with van der Waals surface area (Å²) in [5, 5.41) is 14.3. The van der Waals surface area contributed by atoms with Gasteiger partial charge in [0.25, 0.3) is 0 Å². The summed E-state index contributed by atoms with van der Waals surface area (Å²) in [6.07, 6.45) is 4.87. The molecule has 13 nitrogen and oxygen atoms in total. The Hall–Kier alpha value is -4.88. The van der Waals surface area contributed by atoms with Crippen LogP contribution in [0, 0.1) is 19.7 Å². The molecule has 1 spiro atoms. The number of aromatic nitrogens is 7. The van der Waals surface area contributed by atoms with Crippen LogP contribution >= 0.6 is 0 Å². The molecule has 0 saturated carbocycles. The van der Waals surface area contributed by atoms with Gasteiger partial charge in [-0.25, -0.2) is 19.0 Å². The number of aromatic amines is 1. The summed E-state index contributed by atoms with van der Waals surface area (Å²) < 4.78 is 14.7. The van der Waals surface area contributed by atoms with Gasteiger partial charge in [-0.05, 0) is 45.2 Å². The van der Waals surface area contributed by atoms with E-state index in [4.69, 9.17) is 4.98 Å². The fourth-order valence-electron chi connectivity index (χ4n) is 5.67. The van der Waals surface area contributed by atoms with Gasteiger partial charge in [0.05, 0.1) is 18.4 Å². The average molecular weight is 574 g/mol. The number of rotatable bonds is 6. The predicted octanol–water partition coefficient (Wildman–Crippen LogP) is 2.68. The Morgan fingerprint density at radius 3 is 2.50 bits per heavy atom. The van der Waals surface area contributed by atoms with E-state index in [9.17, 15) is 14.0 Å². The lowest BCUT2D eigenvalue weighted by Crippen LogP contribution is -2.69. The van der Waals surface area contributed by atoms with E-state index in [1.165, 1.54) is 10.9 Å². The topological polar surface area (TPSA) is 141 Å². The number of H-pyrrole nitrogens is 1. The van der Waals surface area contributed by atoms with Crippen LogP contribution in [-0.4, -0.2) is 88.8 Å². The van der Waals surface area contributed by atoms with Gasteiger partial charge in [0.1, 0.15) is 17.9 Å². The average Bonchev–Trinajstić information content (AvgIpc) is 3.61. The molecule has 6 heterocycles. The van der Waals surface area contributed by atoms with Gasteiger partial charge >= 0.3 is 0 Å². The van der Waals surface area contributed by atoms with Crippen LogP contribution in [-0.2, 0) is 9.59 Å². The van der Waals surface area contributed by atoms with E-state index in [0.29, 0.717) is 49.3 Å². The molecular weight excluding hydrogens is 541 g/mol. The number of pyridine rings is 1. The molecule has 0 aliphatic carbocycles. The standard InChI is InChI=1S/C28H32FN11O2/c1-17-11-22(33-23-12-18(2)35-36-23)34-27(32-17)38-9-7-28(8-10-38)26(42)39(16-25(41)37(28)4)19(3)20-5-6-24(30-13-20)40-15-21(29)14-31-40/h5-6,11-15,19H,7-10,16H2,1-4H3,(H2,32,33,34,35,36). The first-order valence-corrected chi connectivity index (χ1v) is 13.8. The lowest BCUT2D eigenvalue weighted by molar-refractivity contribution is -0.167. The summed E-state index contributed by atoms with van der Waals surface area (Å²) in [4.78, 5) is 46.4. The third kappa shape index (κ3) is 4.92. The molecule has 14 heteroatoms. The highest BCUT2D eigenvalue weighted by molar-refractivity contribution is 5.98. The van der Waals surface area contributed by atoms with Crippen LogP contribution in [0.15, 0.2) is 42.9 Å². The van der Waals surface area contributed by atoms with Gasteiger partial charge in [0, 0.05) is 49.9 Å². The molecule has 0 bridgehead atoms. The van der Waals surface area contributed by atoms with Crippen molar-refractivity contribution < 1.29 is 14.0 Å². The van der Waals surface area contributed by atoms with Gasteiger partial charge in [-0.1, -0.05) is 6.07 Å². The number of carbonyl (C=O) groups is 2. The molecule has 2 aliphatic rings. The Labute approximate surface area is 241 Å². The third-order valence-corrected chi connectivity index (χ3v) is 8.17. The third-order valence-electron chi connectivity index (χ3n) is 8.17. The van der Waals surface area contributed by atoms with Crippen LogP contribution in [0.5, 0.6) is 0 Å². The van der Waals surface area contributed by atoms with Crippen LogP contribution in [0.4, 0.5) is 22.0 Å². The summed E-state index contributed by atoms with van der Waals surface area (Å²) in [5.41, 5.74) is 1.54. The number of hydrogen-bond donors (Lipinski definition) is 2. The zero-order valence-electron chi connectivity index (χ0n) is 23.9. The first-order chi connectivity index (χ1) is 20.1. The first kappa shape index (κ1) is 27.3. The Morgan fingerprint density at radius 1 is 1.07 bits per heavy atom. The molecule has 218 valence electrons. The van der Waals surface area contributed by atoms with Gasteiger partial charge in [-0.2, -0.15) is 15.2 Å². The van der Waals surface area contributed by atoms with Crippen LogP contribution in [0.3, 0.4) is 0 Å². The summed E-state index contributed by atoms with van der Waals surface area (Å²) in [5.74, 6) is 1.65. The lowest BCUT2D eigenvalue weighted by atomic mass is 9.82. The summed E-state index contributed by atoms with van der Waals surface area (Å²) in [6, 6.07) is 6.89. The molecule has 2 fully saturated rings. The zero-order chi connectivity index (χ0) is 29.6. The van der Waals surface area contributed by atoms with E-state index >= 15 is 0 Å². The molecule has 1 unspecified atom stereocenters. The number of nitrogens with zero attached hydrogens (tertiary/aromatic N) is 9. The maximum atomic E-state index is 14.1. The predicted molar refractivity (Wildman–Crippen MR) is 152 cm³/mol. The SMILES string of the molecule is Cc1cc(Nc2cc(C)[nH]n2)nc(N2CCC3(CC2)C(=O)N(C(C)c2ccc(-n4cc(F)cn4)nc2)CC(=O)N3C)n1. The van der Waals surface area contributed by atoms with E-state index in [0.717, 1.165) is 23.1 Å². The van der Waals surface area contributed by atoms with Crippen molar-refractivity contribution in [3.05, 3.63) is 65.6 Å². The molecule has 4 aromatic heterocycles. The van der Waals surface area contributed by atoms with Crippen LogP contribution < -0.4 is 10.2 Å². The summed E-state index contributed by atoms with van der Waals surface area (Å²) >= 11 is 0. The number of nitrogens with one attached hydrogen (secondary N) is 2. The number of carbonyl (C=O) groups excluding carboxylic acids is 2. The van der Waals surface area contributed by atoms with E-state index in [1.54, 1.807) is 29.1 Å². The van der Waals surface area contributed by atoms with Crippen molar-refractivity contribution in [2.75, 3.05) is 36.9 Å². The number of piperidine rings is 1. The van der Waals surface area contributed by atoms with E-state index in [1.807, 2.05) is 43.9 Å². The second kappa shape index (κ2) is 10.5. The lowest BCUT2D eigenvalue weighted by Gasteiger charge is -2.52. The number of anilines is 3. The molecule has 0 radical (unpaired) electrons. The molecule has 1 atom stereocenters.